The van der Waals surface area contributed by atoms with Crippen molar-refractivity contribution in [1.82, 2.24) is 20.3 Å². The van der Waals surface area contributed by atoms with E-state index in [1.165, 1.54) is 19.2 Å². The molecule has 250 valence electrons. The van der Waals surface area contributed by atoms with E-state index < -0.39 is 29.4 Å². The van der Waals surface area contributed by atoms with Gasteiger partial charge in [-0.3, -0.25) is 14.5 Å². The van der Waals surface area contributed by atoms with Crippen LogP contribution in [-0.4, -0.2) is 91.3 Å². The van der Waals surface area contributed by atoms with Crippen LogP contribution < -0.4 is 10.1 Å². The lowest BCUT2D eigenvalue weighted by atomic mass is 10.2. The van der Waals surface area contributed by atoms with E-state index in [1.807, 2.05) is 48.5 Å². The fourth-order valence-electron chi connectivity index (χ4n) is 3.94. The van der Waals surface area contributed by atoms with Crippen molar-refractivity contribution < 1.29 is 38.3 Å². The molecule has 0 aliphatic carbocycles. The molecule has 0 aliphatic heterocycles. The van der Waals surface area contributed by atoms with Gasteiger partial charge in [0.1, 0.15) is 29.6 Å². The Balaban J connectivity index is 2.09. The van der Waals surface area contributed by atoms with E-state index in [2.05, 4.69) is 5.32 Å². The smallest absolute Gasteiger partial charge is 0.410 e. The Kier molecular flexibility index (Phi) is 14.6. The summed E-state index contributed by atoms with van der Waals surface area (Å²) in [5, 5.41) is 5.31. The van der Waals surface area contributed by atoms with Crippen molar-refractivity contribution >= 4 is 18.1 Å². The van der Waals surface area contributed by atoms with Gasteiger partial charge >= 0.3 is 12.2 Å². The van der Waals surface area contributed by atoms with Crippen molar-refractivity contribution in [3.05, 3.63) is 65.7 Å². The number of nitrogens with one attached hydrogen (secondary N) is 1. The molecule has 0 bridgehead atoms. The molecule has 2 rings (SSSR count). The third-order valence-corrected chi connectivity index (χ3v) is 6.19. The third kappa shape index (κ3) is 14.6. The van der Waals surface area contributed by atoms with Crippen LogP contribution >= 0.6 is 0 Å². The predicted octanol–water partition coefficient (Wildman–Crippen LogP) is 5.17. The summed E-state index contributed by atoms with van der Waals surface area (Å²) in [6, 6.07) is 16.1. The van der Waals surface area contributed by atoms with Crippen LogP contribution in [-0.2, 0) is 37.1 Å². The van der Waals surface area contributed by atoms with E-state index in [-0.39, 0.29) is 25.7 Å². The number of amides is 3. The van der Waals surface area contributed by atoms with Crippen LogP contribution in [0.5, 0.6) is 5.75 Å². The predicted molar refractivity (Wildman–Crippen MR) is 170 cm³/mol. The first-order chi connectivity index (χ1) is 21.1. The minimum absolute atomic E-state index is 0.0204. The zero-order chi connectivity index (χ0) is 33.6. The van der Waals surface area contributed by atoms with E-state index in [0.29, 0.717) is 25.3 Å². The second kappa shape index (κ2) is 17.6. The van der Waals surface area contributed by atoms with Crippen LogP contribution in [0.2, 0.25) is 0 Å². The van der Waals surface area contributed by atoms with Crippen molar-refractivity contribution in [2.75, 3.05) is 40.9 Å². The molecule has 0 saturated heterocycles. The van der Waals surface area contributed by atoms with E-state index >= 15 is 0 Å². The monoisotopic (exact) mass is 630 g/mol. The molecule has 0 spiro atoms. The molecule has 45 heavy (non-hydrogen) atoms. The van der Waals surface area contributed by atoms with Gasteiger partial charge in [0.05, 0.1) is 13.7 Å². The summed E-state index contributed by atoms with van der Waals surface area (Å²) in [4.78, 5) is 50.7. The fourth-order valence-corrected chi connectivity index (χ4v) is 3.94. The van der Waals surface area contributed by atoms with Crippen LogP contribution in [0.3, 0.4) is 0 Å². The third-order valence-electron chi connectivity index (χ3n) is 6.19. The van der Waals surface area contributed by atoms with Crippen LogP contribution in [0.1, 0.15) is 59.1 Å². The zero-order valence-electron chi connectivity index (χ0n) is 28.1. The zero-order valence-corrected chi connectivity index (χ0v) is 28.1. The van der Waals surface area contributed by atoms with Gasteiger partial charge < -0.3 is 24.4 Å². The summed E-state index contributed by atoms with van der Waals surface area (Å²) < 4.78 is 17.0. The summed E-state index contributed by atoms with van der Waals surface area (Å²) >= 11 is 0. The number of hydrogen-bond acceptors (Lipinski definition) is 9. The highest BCUT2D eigenvalue weighted by Gasteiger charge is 2.29. The molecular formula is C33H50N4O8. The molecule has 12 heteroatoms. The Morgan fingerprint density at radius 2 is 1.51 bits per heavy atom. The molecule has 12 nitrogen and oxygen atoms in total. The maximum atomic E-state index is 13.1. The molecule has 3 amide bonds. The van der Waals surface area contributed by atoms with Gasteiger partial charge in [-0.15, -0.1) is 0 Å². The van der Waals surface area contributed by atoms with Crippen molar-refractivity contribution in [2.24, 2.45) is 0 Å². The number of rotatable bonds is 15. The number of carbonyl (C=O) groups excluding carboxylic acids is 3. The van der Waals surface area contributed by atoms with E-state index in [4.69, 9.17) is 23.9 Å². The van der Waals surface area contributed by atoms with Gasteiger partial charge in [-0.1, -0.05) is 42.5 Å². The Hall–Kier alpha value is -3.87. The number of benzene rings is 2. The van der Waals surface area contributed by atoms with E-state index in [9.17, 15) is 14.4 Å². The molecule has 0 unspecified atom stereocenters. The van der Waals surface area contributed by atoms with Crippen LogP contribution in [0.25, 0.3) is 0 Å². The first-order valence-corrected chi connectivity index (χ1v) is 15.0. The number of nitrogens with zero attached hydrogens (tertiary/aromatic N) is 3. The topological polar surface area (TPSA) is 119 Å². The van der Waals surface area contributed by atoms with E-state index in [0.717, 1.165) is 16.2 Å². The molecule has 2 aromatic rings. The van der Waals surface area contributed by atoms with Gasteiger partial charge in [-0.25, -0.2) is 14.7 Å². The fraction of sp³-hybridized carbons (Fsp3) is 0.545. The molecule has 1 atom stereocenters. The van der Waals surface area contributed by atoms with Gasteiger partial charge in [0.25, 0.3) is 5.91 Å². The molecule has 0 aromatic heterocycles. The summed E-state index contributed by atoms with van der Waals surface area (Å²) in [5.41, 5.74) is 0.473. The van der Waals surface area contributed by atoms with Crippen molar-refractivity contribution in [1.29, 1.82) is 0 Å². The molecule has 0 saturated carbocycles. The summed E-state index contributed by atoms with van der Waals surface area (Å²) in [5.74, 6) is 0.165. The van der Waals surface area contributed by atoms with Gasteiger partial charge in [-0.05, 0) is 71.2 Å². The minimum Gasteiger partial charge on any atom is -0.491 e. The van der Waals surface area contributed by atoms with Gasteiger partial charge in [0, 0.05) is 33.7 Å². The summed E-state index contributed by atoms with van der Waals surface area (Å²) in [6.07, 6.45) is -0.502. The maximum Gasteiger partial charge on any atom is 0.410 e. The Labute approximate surface area is 267 Å². The maximum absolute atomic E-state index is 13.1. The highest BCUT2D eigenvalue weighted by molar-refractivity contribution is 5.80. The average molecular weight is 631 g/mol. The van der Waals surface area contributed by atoms with Crippen LogP contribution in [0.4, 0.5) is 9.59 Å². The average Bonchev–Trinajstić information content (AvgIpc) is 2.96. The molecule has 0 heterocycles. The quantitative estimate of drug-likeness (QED) is 0.210. The molecular weight excluding hydrogens is 580 g/mol. The lowest BCUT2D eigenvalue weighted by Gasteiger charge is -2.29. The number of hydrogen-bond donors (Lipinski definition) is 1. The first-order valence-electron chi connectivity index (χ1n) is 15.0. The SMILES string of the molecule is CON(C)C(=O)[C@H](COc1cccc(CN(CCCNC(=O)OC(C)(C)C)C(=O)OC(C)(C)C)c1)N(C)OCc1ccccc1. The number of carbonyl (C=O) groups is 3. The summed E-state index contributed by atoms with van der Waals surface area (Å²) in [7, 11) is 4.61. The van der Waals surface area contributed by atoms with Crippen molar-refractivity contribution in [2.45, 2.75) is 78.4 Å². The minimum atomic E-state index is -0.807. The normalized spacial score (nSPS) is 12.3. The second-order valence-corrected chi connectivity index (χ2v) is 12.5. The summed E-state index contributed by atoms with van der Waals surface area (Å²) in [6.45, 7) is 12.0. The lowest BCUT2D eigenvalue weighted by molar-refractivity contribution is -0.211. The first kappa shape index (κ1) is 37.3. The van der Waals surface area contributed by atoms with E-state index in [1.54, 1.807) is 59.6 Å². The van der Waals surface area contributed by atoms with Crippen LogP contribution in [0.15, 0.2) is 54.6 Å². The number of hydroxylamine groups is 4. The highest BCUT2D eigenvalue weighted by atomic mass is 16.7. The molecule has 0 aliphatic rings. The van der Waals surface area contributed by atoms with Crippen molar-refractivity contribution in [3.63, 3.8) is 0 Å². The molecule has 1 N–H and O–H groups in total. The molecule has 0 radical (unpaired) electrons. The number of alkyl carbamates (subject to hydrolysis) is 1. The Bertz CT molecular complexity index is 1210. The van der Waals surface area contributed by atoms with Gasteiger partial charge in [0.2, 0.25) is 0 Å². The van der Waals surface area contributed by atoms with Crippen LogP contribution in [0, 0.1) is 0 Å². The lowest BCUT2D eigenvalue weighted by Crippen LogP contribution is -2.48. The van der Waals surface area contributed by atoms with Gasteiger partial charge in [-0.2, -0.15) is 5.06 Å². The number of ether oxygens (including phenoxy) is 3. The highest BCUT2D eigenvalue weighted by Crippen LogP contribution is 2.19. The molecule has 2 aromatic carbocycles. The standard InChI is InChI=1S/C33H50N4O8/c1-32(2,3)44-30(39)34-19-14-20-37(31(40)45-33(4,5)6)22-26-17-13-18-27(21-26)42-24-28(29(38)36(8)41-9)35(7)43-23-25-15-11-10-12-16-25/h10-13,15-18,21,28H,14,19-20,22-24H2,1-9H3,(H,34,39)/t28-/m0/s1. The Morgan fingerprint density at radius 1 is 0.867 bits per heavy atom. The van der Waals surface area contributed by atoms with Gasteiger partial charge in [0.15, 0.2) is 0 Å². The van der Waals surface area contributed by atoms with Crippen molar-refractivity contribution in [3.8, 4) is 5.75 Å². The second-order valence-electron chi connectivity index (χ2n) is 12.5. The Morgan fingerprint density at radius 3 is 2.13 bits per heavy atom. The molecule has 0 fully saturated rings. The largest absolute Gasteiger partial charge is 0.491 e. The number of likely N-dealkylation sites (N-methyl/N-ethyl adjacent to an activating group) is 2.